The predicted molar refractivity (Wildman–Crippen MR) is 94.0 cm³/mol. The van der Waals surface area contributed by atoms with Gasteiger partial charge in [-0.05, 0) is 17.2 Å². The van der Waals surface area contributed by atoms with Crippen molar-refractivity contribution in [1.82, 2.24) is 4.90 Å². The minimum atomic E-state index is -0.326. The van der Waals surface area contributed by atoms with E-state index in [0.29, 0.717) is 13.1 Å². The average Bonchev–Trinajstić information content (AvgIpc) is 2.64. The molecule has 1 amide bonds. The fourth-order valence-corrected chi connectivity index (χ4v) is 2.24. The summed E-state index contributed by atoms with van der Waals surface area (Å²) in [7, 11) is 1.35. The van der Waals surface area contributed by atoms with Crippen LogP contribution in [0, 0.1) is 0 Å². The highest BCUT2D eigenvalue weighted by molar-refractivity contribution is 5.92. The van der Waals surface area contributed by atoms with Crippen molar-refractivity contribution in [3.63, 3.8) is 0 Å². The third-order valence-electron chi connectivity index (χ3n) is 3.56. The van der Waals surface area contributed by atoms with Gasteiger partial charge in [0.15, 0.2) is 0 Å². The van der Waals surface area contributed by atoms with Crippen LogP contribution in [0.2, 0.25) is 0 Å². The third kappa shape index (κ3) is 5.72. The summed E-state index contributed by atoms with van der Waals surface area (Å²) < 4.78 is 4.66. The highest BCUT2D eigenvalue weighted by Crippen LogP contribution is 2.08. The van der Waals surface area contributed by atoms with Crippen molar-refractivity contribution in [3.05, 3.63) is 77.9 Å². The molecule has 0 bridgehead atoms. The molecule has 0 aliphatic heterocycles. The Kier molecular flexibility index (Phi) is 6.77. The highest BCUT2D eigenvalue weighted by atomic mass is 16.5. The van der Waals surface area contributed by atoms with Crippen LogP contribution in [0.4, 0.5) is 0 Å². The van der Waals surface area contributed by atoms with Crippen molar-refractivity contribution in [2.75, 3.05) is 13.7 Å². The average molecular weight is 323 g/mol. The smallest absolute Gasteiger partial charge is 0.307 e. The molecule has 0 N–H and O–H groups in total. The Balaban J connectivity index is 2.06. The van der Waals surface area contributed by atoms with Crippen LogP contribution in [-0.2, 0) is 20.9 Å². The van der Waals surface area contributed by atoms with E-state index in [2.05, 4.69) is 4.74 Å². The Labute approximate surface area is 142 Å². The molecule has 0 unspecified atom stereocenters. The zero-order valence-corrected chi connectivity index (χ0v) is 13.7. The molecule has 0 saturated heterocycles. The largest absolute Gasteiger partial charge is 0.469 e. The molecular formula is C20H21NO3. The molecule has 0 aromatic heterocycles. The standard InChI is InChI=1S/C20H21NO3/c1-24-20(23)14-15-21(16-18-10-6-3-7-11-18)19(22)13-12-17-8-4-2-5-9-17/h2-13H,14-16H2,1H3/b13-12+. The molecule has 2 aromatic carbocycles. The van der Waals surface area contributed by atoms with Crippen molar-refractivity contribution in [2.24, 2.45) is 0 Å². The van der Waals surface area contributed by atoms with Gasteiger partial charge < -0.3 is 9.64 Å². The SMILES string of the molecule is COC(=O)CCN(Cc1ccccc1)C(=O)/C=C/c1ccccc1. The van der Waals surface area contributed by atoms with Gasteiger partial charge in [0.1, 0.15) is 0 Å². The molecule has 4 heteroatoms. The second kappa shape index (κ2) is 9.30. The van der Waals surface area contributed by atoms with Gasteiger partial charge in [-0.3, -0.25) is 9.59 Å². The lowest BCUT2D eigenvalue weighted by molar-refractivity contribution is -0.141. The lowest BCUT2D eigenvalue weighted by Crippen LogP contribution is -2.31. The third-order valence-corrected chi connectivity index (χ3v) is 3.56. The molecule has 0 spiro atoms. The number of ether oxygens (including phenoxy) is 1. The summed E-state index contributed by atoms with van der Waals surface area (Å²) in [6, 6.07) is 19.3. The second-order valence-corrected chi connectivity index (χ2v) is 5.32. The van der Waals surface area contributed by atoms with Crippen molar-refractivity contribution >= 4 is 18.0 Å². The Bertz CT molecular complexity index is 681. The van der Waals surface area contributed by atoms with E-state index in [0.717, 1.165) is 11.1 Å². The summed E-state index contributed by atoms with van der Waals surface area (Å²) in [5.41, 5.74) is 1.97. The Morgan fingerprint density at radius 3 is 2.25 bits per heavy atom. The van der Waals surface area contributed by atoms with E-state index in [1.807, 2.05) is 60.7 Å². The van der Waals surface area contributed by atoms with E-state index >= 15 is 0 Å². The van der Waals surface area contributed by atoms with Crippen LogP contribution in [0.1, 0.15) is 17.5 Å². The first kappa shape index (κ1) is 17.5. The second-order valence-electron chi connectivity index (χ2n) is 5.32. The first-order valence-electron chi connectivity index (χ1n) is 7.82. The number of rotatable bonds is 7. The zero-order chi connectivity index (χ0) is 17.2. The molecule has 0 saturated carbocycles. The van der Waals surface area contributed by atoms with Gasteiger partial charge in [-0.25, -0.2) is 0 Å². The molecule has 0 aliphatic carbocycles. The van der Waals surface area contributed by atoms with Gasteiger partial charge in [-0.1, -0.05) is 60.7 Å². The van der Waals surface area contributed by atoms with E-state index in [1.54, 1.807) is 11.0 Å². The molecule has 0 heterocycles. The minimum Gasteiger partial charge on any atom is -0.469 e. The maximum Gasteiger partial charge on any atom is 0.307 e. The quantitative estimate of drug-likeness (QED) is 0.580. The molecule has 2 aromatic rings. The van der Waals surface area contributed by atoms with Crippen LogP contribution >= 0.6 is 0 Å². The Morgan fingerprint density at radius 1 is 1.00 bits per heavy atom. The van der Waals surface area contributed by atoms with Crippen molar-refractivity contribution in [3.8, 4) is 0 Å². The topological polar surface area (TPSA) is 46.6 Å². The zero-order valence-electron chi connectivity index (χ0n) is 13.7. The predicted octanol–water partition coefficient (Wildman–Crippen LogP) is 3.29. The number of hydrogen-bond donors (Lipinski definition) is 0. The molecule has 124 valence electrons. The van der Waals surface area contributed by atoms with E-state index < -0.39 is 0 Å². The van der Waals surface area contributed by atoms with Gasteiger partial charge in [-0.15, -0.1) is 0 Å². The fourth-order valence-electron chi connectivity index (χ4n) is 2.24. The van der Waals surface area contributed by atoms with Crippen LogP contribution in [0.15, 0.2) is 66.7 Å². The summed E-state index contributed by atoms with van der Waals surface area (Å²) in [6.45, 7) is 0.773. The van der Waals surface area contributed by atoms with Crippen molar-refractivity contribution < 1.29 is 14.3 Å². The van der Waals surface area contributed by atoms with Crippen LogP contribution in [0.25, 0.3) is 6.08 Å². The lowest BCUT2D eigenvalue weighted by Gasteiger charge is -2.21. The summed E-state index contributed by atoms with van der Waals surface area (Å²) in [5, 5.41) is 0. The number of esters is 1. The maximum absolute atomic E-state index is 12.5. The van der Waals surface area contributed by atoms with Crippen LogP contribution in [0.3, 0.4) is 0 Å². The van der Waals surface area contributed by atoms with Gasteiger partial charge in [0, 0.05) is 19.2 Å². The van der Waals surface area contributed by atoms with E-state index in [9.17, 15) is 9.59 Å². The molecule has 2 rings (SSSR count). The molecule has 4 nitrogen and oxygen atoms in total. The van der Waals surface area contributed by atoms with Gasteiger partial charge in [0.2, 0.25) is 5.91 Å². The maximum atomic E-state index is 12.5. The summed E-state index contributed by atoms with van der Waals surface area (Å²) in [4.78, 5) is 25.5. The van der Waals surface area contributed by atoms with E-state index in [4.69, 9.17) is 0 Å². The molecule has 0 fully saturated rings. The number of hydrogen-bond acceptors (Lipinski definition) is 3. The van der Waals surface area contributed by atoms with Gasteiger partial charge >= 0.3 is 5.97 Å². The molecule has 0 aliphatic rings. The Hall–Kier alpha value is -2.88. The molecule has 0 atom stereocenters. The van der Waals surface area contributed by atoms with Crippen molar-refractivity contribution in [1.29, 1.82) is 0 Å². The van der Waals surface area contributed by atoms with Gasteiger partial charge in [-0.2, -0.15) is 0 Å². The molecular weight excluding hydrogens is 302 g/mol. The number of methoxy groups -OCH3 is 1. The molecule has 0 radical (unpaired) electrons. The number of nitrogens with zero attached hydrogens (tertiary/aromatic N) is 1. The summed E-state index contributed by atoms with van der Waals surface area (Å²) in [6.07, 6.45) is 3.49. The fraction of sp³-hybridized carbons (Fsp3) is 0.200. The first-order chi connectivity index (χ1) is 11.7. The Morgan fingerprint density at radius 2 is 1.62 bits per heavy atom. The lowest BCUT2D eigenvalue weighted by atomic mass is 10.2. The molecule has 24 heavy (non-hydrogen) atoms. The monoisotopic (exact) mass is 323 g/mol. The first-order valence-corrected chi connectivity index (χ1v) is 7.82. The number of carbonyl (C=O) groups is 2. The summed E-state index contributed by atoms with van der Waals surface area (Å²) >= 11 is 0. The summed E-state index contributed by atoms with van der Waals surface area (Å²) in [5.74, 6) is -0.459. The van der Waals surface area contributed by atoms with Crippen LogP contribution in [-0.4, -0.2) is 30.4 Å². The normalized spacial score (nSPS) is 10.5. The van der Waals surface area contributed by atoms with Crippen LogP contribution < -0.4 is 0 Å². The van der Waals surface area contributed by atoms with E-state index in [-0.39, 0.29) is 18.3 Å². The minimum absolute atomic E-state index is 0.133. The van der Waals surface area contributed by atoms with Crippen molar-refractivity contribution in [2.45, 2.75) is 13.0 Å². The number of amides is 1. The van der Waals surface area contributed by atoms with Gasteiger partial charge in [0.25, 0.3) is 0 Å². The number of benzene rings is 2. The van der Waals surface area contributed by atoms with E-state index in [1.165, 1.54) is 13.2 Å². The highest BCUT2D eigenvalue weighted by Gasteiger charge is 2.13. The van der Waals surface area contributed by atoms with Crippen LogP contribution in [0.5, 0.6) is 0 Å². The van der Waals surface area contributed by atoms with Gasteiger partial charge in [0.05, 0.1) is 13.5 Å². The number of carbonyl (C=O) groups excluding carboxylic acids is 2.